The highest BCUT2D eigenvalue weighted by atomic mass is 35.5. The van der Waals surface area contributed by atoms with Crippen LogP contribution < -0.4 is 16.4 Å². The molecule has 2 aromatic rings. The molecule has 170 valence electrons. The van der Waals surface area contributed by atoms with Crippen molar-refractivity contribution in [3.8, 4) is 0 Å². The Morgan fingerprint density at radius 2 is 2.00 bits per heavy atom. The lowest BCUT2D eigenvalue weighted by Gasteiger charge is -2.25. The van der Waals surface area contributed by atoms with E-state index in [9.17, 15) is 27.2 Å². The second-order valence-corrected chi connectivity index (χ2v) is 10.3. The maximum absolute atomic E-state index is 14.5. The van der Waals surface area contributed by atoms with E-state index < -0.39 is 46.1 Å². The zero-order valence-electron chi connectivity index (χ0n) is 16.4. The number of sulfonamides is 1. The van der Waals surface area contributed by atoms with E-state index in [1.54, 1.807) is 12.1 Å². The molecule has 1 atom stereocenters. The summed E-state index contributed by atoms with van der Waals surface area (Å²) in [5.41, 5.74) is 10.1. The quantitative estimate of drug-likeness (QED) is 0.564. The molecule has 0 bridgehead atoms. The Hall–Kier alpha value is -2.80. The van der Waals surface area contributed by atoms with Crippen LogP contribution in [0.25, 0.3) is 6.08 Å². The molecule has 4 N–H and O–H groups in total. The largest absolute Gasteiger partial charge is 0.369 e. The SMILES string of the molecule is NC(=O)CN([C@H]1CCN(c2ccc(C(N)=O)cc2F)C1=O)S(=O)(=O)/C=C/c1ccc(Cl)s1. The Bertz CT molecular complexity index is 1210. The zero-order valence-corrected chi connectivity index (χ0v) is 18.8. The fourth-order valence-electron chi connectivity index (χ4n) is 3.23. The highest BCUT2D eigenvalue weighted by Crippen LogP contribution is 2.29. The second kappa shape index (κ2) is 9.36. The smallest absolute Gasteiger partial charge is 0.248 e. The molecule has 3 amide bonds. The first-order valence-electron chi connectivity index (χ1n) is 9.14. The molecular weight excluding hydrogens is 483 g/mol. The summed E-state index contributed by atoms with van der Waals surface area (Å²) in [6.07, 6.45) is 1.29. The van der Waals surface area contributed by atoms with Crippen LogP contribution in [0, 0.1) is 5.82 Å². The maximum Gasteiger partial charge on any atom is 0.248 e. The molecule has 2 heterocycles. The van der Waals surface area contributed by atoms with Crippen molar-refractivity contribution in [3.63, 3.8) is 0 Å². The van der Waals surface area contributed by atoms with Gasteiger partial charge in [0.1, 0.15) is 11.9 Å². The molecule has 0 aliphatic carbocycles. The standard InChI is InChI=1S/C19H18ClFN4O5S2/c20-16-4-2-12(31-16)6-8-32(29,30)25(10-17(22)26)15-5-7-24(19(15)28)14-3-1-11(18(23)27)9-13(14)21/h1-4,6,8-9,15H,5,7,10H2,(H2,22,26)(H2,23,27)/b8-6+/t15-/m0/s1. The molecule has 1 aliphatic rings. The van der Waals surface area contributed by atoms with Gasteiger partial charge in [0.2, 0.25) is 27.7 Å². The van der Waals surface area contributed by atoms with Crippen molar-refractivity contribution in [2.75, 3.05) is 18.0 Å². The maximum atomic E-state index is 14.5. The van der Waals surface area contributed by atoms with Crippen molar-refractivity contribution in [2.45, 2.75) is 12.5 Å². The summed E-state index contributed by atoms with van der Waals surface area (Å²) >= 11 is 6.98. The zero-order chi connectivity index (χ0) is 23.6. The van der Waals surface area contributed by atoms with Crippen molar-refractivity contribution >= 4 is 62.4 Å². The number of amides is 3. The van der Waals surface area contributed by atoms with E-state index in [-0.39, 0.29) is 24.2 Å². The fraction of sp³-hybridized carbons (Fsp3) is 0.211. The van der Waals surface area contributed by atoms with Crippen molar-refractivity contribution in [3.05, 3.63) is 56.3 Å². The van der Waals surface area contributed by atoms with Gasteiger partial charge in [0, 0.05) is 22.4 Å². The van der Waals surface area contributed by atoms with Gasteiger partial charge in [0.25, 0.3) is 0 Å². The number of carbonyl (C=O) groups is 3. The predicted molar refractivity (Wildman–Crippen MR) is 119 cm³/mol. The van der Waals surface area contributed by atoms with Crippen LogP contribution in [0.15, 0.2) is 35.7 Å². The topological polar surface area (TPSA) is 144 Å². The first-order chi connectivity index (χ1) is 15.0. The summed E-state index contributed by atoms with van der Waals surface area (Å²) in [7, 11) is -4.24. The first-order valence-corrected chi connectivity index (χ1v) is 11.8. The van der Waals surface area contributed by atoms with Crippen LogP contribution in [-0.2, 0) is 19.6 Å². The number of anilines is 1. The third-order valence-corrected chi connectivity index (χ3v) is 7.40. The van der Waals surface area contributed by atoms with Gasteiger partial charge in [-0.2, -0.15) is 4.31 Å². The molecule has 1 aromatic heterocycles. The highest BCUT2D eigenvalue weighted by molar-refractivity contribution is 7.92. The summed E-state index contributed by atoms with van der Waals surface area (Å²) in [6.45, 7) is -0.740. The number of rotatable bonds is 8. The lowest BCUT2D eigenvalue weighted by molar-refractivity contribution is -0.122. The Kier molecular flexibility index (Phi) is 6.98. The fourth-order valence-corrected chi connectivity index (χ4v) is 5.61. The van der Waals surface area contributed by atoms with E-state index in [2.05, 4.69) is 0 Å². The Morgan fingerprint density at radius 3 is 2.56 bits per heavy atom. The van der Waals surface area contributed by atoms with Gasteiger partial charge in [-0.1, -0.05) is 11.6 Å². The average molecular weight is 501 g/mol. The van der Waals surface area contributed by atoms with Gasteiger partial charge in [-0.3, -0.25) is 14.4 Å². The van der Waals surface area contributed by atoms with Gasteiger partial charge >= 0.3 is 0 Å². The number of nitrogens with zero attached hydrogens (tertiary/aromatic N) is 2. The van der Waals surface area contributed by atoms with E-state index >= 15 is 0 Å². The minimum Gasteiger partial charge on any atom is -0.369 e. The summed E-state index contributed by atoms with van der Waals surface area (Å²) in [4.78, 5) is 37.4. The molecule has 0 spiro atoms. The molecular formula is C19H18ClFN4O5S2. The second-order valence-electron chi connectivity index (χ2n) is 6.83. The monoisotopic (exact) mass is 500 g/mol. The van der Waals surface area contributed by atoms with Crippen molar-refractivity contribution < 1.29 is 27.2 Å². The molecule has 9 nitrogen and oxygen atoms in total. The van der Waals surface area contributed by atoms with Crippen LogP contribution in [0.1, 0.15) is 21.7 Å². The number of benzene rings is 1. The molecule has 32 heavy (non-hydrogen) atoms. The van der Waals surface area contributed by atoms with Gasteiger partial charge in [-0.15, -0.1) is 11.3 Å². The molecule has 1 saturated heterocycles. The van der Waals surface area contributed by atoms with Crippen LogP contribution in [0.2, 0.25) is 4.34 Å². The Labute approximate surface area is 192 Å². The van der Waals surface area contributed by atoms with Crippen LogP contribution >= 0.6 is 22.9 Å². The Morgan fingerprint density at radius 1 is 1.28 bits per heavy atom. The average Bonchev–Trinajstić information content (AvgIpc) is 3.29. The van der Waals surface area contributed by atoms with Gasteiger partial charge < -0.3 is 16.4 Å². The molecule has 1 aliphatic heterocycles. The third-order valence-electron chi connectivity index (χ3n) is 4.68. The number of carbonyl (C=O) groups excluding carboxylic acids is 3. The summed E-state index contributed by atoms with van der Waals surface area (Å²) < 4.78 is 41.5. The molecule has 3 rings (SSSR count). The molecule has 0 unspecified atom stereocenters. The number of nitrogens with two attached hydrogens (primary N) is 2. The molecule has 0 saturated carbocycles. The van der Waals surface area contributed by atoms with E-state index in [1.165, 1.54) is 18.2 Å². The number of hydrogen-bond donors (Lipinski definition) is 2. The van der Waals surface area contributed by atoms with Crippen molar-refractivity contribution in [1.29, 1.82) is 0 Å². The summed E-state index contributed by atoms with van der Waals surface area (Å²) in [5.74, 6) is -3.38. The predicted octanol–water partition coefficient (Wildman–Crippen LogP) is 1.53. The van der Waals surface area contributed by atoms with E-state index in [1.807, 2.05) is 0 Å². The van der Waals surface area contributed by atoms with E-state index in [4.69, 9.17) is 23.1 Å². The summed E-state index contributed by atoms with van der Waals surface area (Å²) in [6, 6.07) is 5.30. The van der Waals surface area contributed by atoms with Crippen LogP contribution in [0.5, 0.6) is 0 Å². The van der Waals surface area contributed by atoms with Gasteiger partial charge in [0.05, 0.1) is 16.6 Å². The van der Waals surface area contributed by atoms with Crippen LogP contribution in [0.4, 0.5) is 10.1 Å². The lowest BCUT2D eigenvalue weighted by Crippen LogP contribution is -2.48. The molecule has 13 heteroatoms. The third kappa shape index (κ3) is 5.15. The van der Waals surface area contributed by atoms with Crippen molar-refractivity contribution in [1.82, 2.24) is 4.31 Å². The summed E-state index contributed by atoms with van der Waals surface area (Å²) in [5, 5.41) is 0.857. The normalized spacial score (nSPS) is 16.9. The van der Waals surface area contributed by atoms with E-state index in [0.29, 0.717) is 13.5 Å². The van der Waals surface area contributed by atoms with Gasteiger partial charge in [-0.05, 0) is 42.8 Å². The minimum atomic E-state index is -4.24. The minimum absolute atomic E-state index is 0.00102. The van der Waals surface area contributed by atoms with E-state index in [0.717, 1.165) is 27.7 Å². The number of halogens is 2. The molecule has 0 radical (unpaired) electrons. The van der Waals surface area contributed by atoms with Gasteiger partial charge in [-0.25, -0.2) is 12.8 Å². The number of thiophene rings is 1. The lowest BCUT2D eigenvalue weighted by atomic mass is 10.1. The van der Waals surface area contributed by atoms with Crippen LogP contribution in [0.3, 0.4) is 0 Å². The first kappa shape index (κ1) is 23.9. The van der Waals surface area contributed by atoms with Gasteiger partial charge in [0.15, 0.2) is 0 Å². The molecule has 1 aromatic carbocycles. The number of primary amides is 2. The van der Waals surface area contributed by atoms with Crippen LogP contribution in [-0.4, -0.2) is 49.6 Å². The molecule has 1 fully saturated rings. The Balaban J connectivity index is 1.89. The highest BCUT2D eigenvalue weighted by Gasteiger charge is 2.42. The van der Waals surface area contributed by atoms with Crippen molar-refractivity contribution in [2.24, 2.45) is 11.5 Å². The number of hydrogen-bond acceptors (Lipinski definition) is 6.